The molecule has 1 rings (SSSR count). The van der Waals surface area contributed by atoms with E-state index in [-0.39, 0.29) is 0 Å². The Morgan fingerprint density at radius 2 is 2.29 bits per heavy atom. The molecule has 0 aromatic carbocycles. The summed E-state index contributed by atoms with van der Waals surface area (Å²) in [5.41, 5.74) is -0.483. The normalized spacial score (nSPS) is 11.1. The van der Waals surface area contributed by atoms with Gasteiger partial charge in [-0.15, -0.1) is 0 Å². The Hall–Kier alpha value is -0.820. The van der Waals surface area contributed by atoms with Gasteiger partial charge in [0.1, 0.15) is 12.2 Å². The second-order valence-corrected chi connectivity index (χ2v) is 5.73. The van der Waals surface area contributed by atoms with E-state index >= 15 is 0 Å². The third-order valence-electron chi connectivity index (χ3n) is 1.51. The summed E-state index contributed by atoms with van der Waals surface area (Å²) in [4.78, 5) is 11.3. The summed E-state index contributed by atoms with van der Waals surface area (Å²) in [6.07, 6.45) is -0.446. The summed E-state index contributed by atoms with van der Waals surface area (Å²) >= 11 is 4.60. The van der Waals surface area contributed by atoms with Crippen LogP contribution in [-0.2, 0) is 4.74 Å². The van der Waals surface area contributed by atoms with Crippen molar-refractivity contribution in [3.05, 3.63) is 9.85 Å². The number of nitrogens with one attached hydrogen (secondary N) is 1. The molecule has 0 atom stereocenters. The van der Waals surface area contributed by atoms with Gasteiger partial charge < -0.3 is 14.8 Å². The summed E-state index contributed by atoms with van der Waals surface area (Å²) < 4.78 is 15.2. The van der Waals surface area contributed by atoms with Crippen LogP contribution in [0.2, 0.25) is 0 Å². The molecule has 1 aromatic rings. The van der Waals surface area contributed by atoms with Crippen LogP contribution in [0.25, 0.3) is 0 Å². The van der Waals surface area contributed by atoms with E-state index in [0.29, 0.717) is 19.0 Å². The first kappa shape index (κ1) is 14.2. The Morgan fingerprint density at radius 3 is 2.82 bits per heavy atom. The van der Waals surface area contributed by atoms with E-state index in [1.54, 1.807) is 0 Å². The molecule has 0 saturated carbocycles. The predicted octanol–water partition coefficient (Wildman–Crippen LogP) is 2.81. The predicted molar refractivity (Wildman–Crippen MR) is 69.5 cm³/mol. The van der Waals surface area contributed by atoms with Crippen LogP contribution in [0.4, 0.5) is 4.79 Å². The van der Waals surface area contributed by atoms with E-state index in [0.717, 1.165) is 4.47 Å². The van der Waals surface area contributed by atoms with Gasteiger partial charge in [-0.25, -0.2) is 4.79 Å². The van der Waals surface area contributed by atoms with Crippen LogP contribution in [0.1, 0.15) is 20.8 Å². The fourth-order valence-electron chi connectivity index (χ4n) is 0.925. The molecule has 0 radical (unpaired) electrons. The van der Waals surface area contributed by atoms with Crippen LogP contribution >= 0.6 is 27.5 Å². The van der Waals surface area contributed by atoms with Crippen LogP contribution < -0.4 is 10.1 Å². The maximum Gasteiger partial charge on any atom is 0.407 e. The number of hydrogen-bond acceptors (Lipinski definition) is 5. The van der Waals surface area contributed by atoms with E-state index in [1.165, 1.54) is 11.5 Å². The van der Waals surface area contributed by atoms with Crippen LogP contribution in [-0.4, -0.2) is 29.2 Å². The van der Waals surface area contributed by atoms with Crippen molar-refractivity contribution >= 4 is 33.6 Å². The van der Waals surface area contributed by atoms with E-state index < -0.39 is 11.7 Å². The summed E-state index contributed by atoms with van der Waals surface area (Å²) in [5, 5.41) is 4.43. The highest BCUT2D eigenvalue weighted by atomic mass is 79.9. The maximum absolute atomic E-state index is 11.3. The van der Waals surface area contributed by atoms with Crippen molar-refractivity contribution in [2.24, 2.45) is 0 Å². The molecule has 1 heterocycles. The average molecular weight is 323 g/mol. The molecule has 1 amide bonds. The molecule has 0 saturated heterocycles. The number of halogens is 1. The SMILES string of the molecule is CC(C)(C)OC(=O)NCCOc1nscc1Br. The molecule has 1 aromatic heterocycles. The highest BCUT2D eigenvalue weighted by Crippen LogP contribution is 2.24. The molecule has 7 heteroatoms. The zero-order chi connectivity index (χ0) is 12.9. The Bertz CT molecular complexity index is 376. The van der Waals surface area contributed by atoms with Crippen molar-refractivity contribution < 1.29 is 14.3 Å². The third-order valence-corrected chi connectivity index (χ3v) is 2.99. The smallest absolute Gasteiger partial charge is 0.407 e. The molecular weight excluding hydrogens is 308 g/mol. The number of hydrogen-bond donors (Lipinski definition) is 1. The fourth-order valence-corrected chi connectivity index (χ4v) is 1.99. The molecule has 0 aliphatic rings. The largest absolute Gasteiger partial charge is 0.474 e. The number of carbonyl (C=O) groups is 1. The van der Waals surface area contributed by atoms with E-state index in [4.69, 9.17) is 9.47 Å². The summed E-state index contributed by atoms with van der Waals surface area (Å²) in [6.45, 7) is 6.17. The van der Waals surface area contributed by atoms with Crippen molar-refractivity contribution in [2.45, 2.75) is 26.4 Å². The summed E-state index contributed by atoms with van der Waals surface area (Å²) in [6, 6.07) is 0. The topological polar surface area (TPSA) is 60.5 Å². The first-order valence-electron chi connectivity index (χ1n) is 5.08. The maximum atomic E-state index is 11.3. The first-order valence-corrected chi connectivity index (χ1v) is 6.71. The lowest BCUT2D eigenvalue weighted by Crippen LogP contribution is -2.34. The number of nitrogens with zero attached hydrogens (tertiary/aromatic N) is 1. The van der Waals surface area contributed by atoms with Gasteiger partial charge in [-0.2, -0.15) is 4.37 Å². The monoisotopic (exact) mass is 322 g/mol. The molecule has 0 aliphatic heterocycles. The third kappa shape index (κ3) is 5.88. The zero-order valence-corrected chi connectivity index (χ0v) is 12.4. The van der Waals surface area contributed by atoms with Crippen molar-refractivity contribution in [1.82, 2.24) is 9.69 Å². The van der Waals surface area contributed by atoms with Crippen LogP contribution in [0, 0.1) is 0 Å². The van der Waals surface area contributed by atoms with Crippen LogP contribution in [0.15, 0.2) is 9.85 Å². The van der Waals surface area contributed by atoms with Gasteiger partial charge in [0.2, 0.25) is 5.88 Å². The minimum absolute atomic E-state index is 0.349. The van der Waals surface area contributed by atoms with Gasteiger partial charge in [0.05, 0.1) is 11.0 Å². The van der Waals surface area contributed by atoms with E-state index in [9.17, 15) is 4.79 Å². The highest BCUT2D eigenvalue weighted by molar-refractivity contribution is 9.10. The Kier molecular flexibility index (Phi) is 5.20. The van der Waals surface area contributed by atoms with Crippen LogP contribution in [0.3, 0.4) is 0 Å². The molecule has 0 fully saturated rings. The van der Waals surface area contributed by atoms with Crippen LogP contribution in [0.5, 0.6) is 5.88 Å². The van der Waals surface area contributed by atoms with Gasteiger partial charge in [0.15, 0.2) is 0 Å². The molecule has 0 aliphatic carbocycles. The first-order chi connectivity index (χ1) is 7.88. The minimum atomic E-state index is -0.483. The standard InChI is InChI=1S/C10H15BrN2O3S/c1-10(2,3)16-9(14)12-4-5-15-8-7(11)6-17-13-8/h6H,4-5H2,1-3H3,(H,12,14). The number of carbonyl (C=O) groups excluding carboxylic acids is 1. The fraction of sp³-hybridized carbons (Fsp3) is 0.600. The Morgan fingerprint density at radius 1 is 1.59 bits per heavy atom. The Labute approximate surface area is 113 Å². The molecule has 0 bridgehead atoms. The van der Waals surface area contributed by atoms with Crippen molar-refractivity contribution in [2.75, 3.05) is 13.2 Å². The summed E-state index contributed by atoms with van der Waals surface area (Å²) in [5.74, 6) is 0.543. The Balaban J connectivity index is 2.17. The van der Waals surface area contributed by atoms with Crippen molar-refractivity contribution in [3.8, 4) is 5.88 Å². The van der Waals surface area contributed by atoms with Gasteiger partial charge in [0.25, 0.3) is 0 Å². The van der Waals surface area contributed by atoms with Gasteiger partial charge in [-0.3, -0.25) is 0 Å². The second kappa shape index (κ2) is 6.20. The van der Waals surface area contributed by atoms with Gasteiger partial charge in [-0.05, 0) is 48.2 Å². The number of amides is 1. The summed E-state index contributed by atoms with van der Waals surface area (Å²) in [7, 11) is 0. The molecule has 17 heavy (non-hydrogen) atoms. The quantitative estimate of drug-likeness (QED) is 0.866. The lowest BCUT2D eigenvalue weighted by Gasteiger charge is -2.19. The zero-order valence-electron chi connectivity index (χ0n) is 9.95. The van der Waals surface area contributed by atoms with Gasteiger partial charge in [0, 0.05) is 5.38 Å². The molecule has 0 spiro atoms. The van der Waals surface area contributed by atoms with E-state index in [2.05, 4.69) is 25.6 Å². The average Bonchev–Trinajstić information content (AvgIpc) is 2.56. The van der Waals surface area contributed by atoms with Crippen molar-refractivity contribution in [3.63, 3.8) is 0 Å². The van der Waals surface area contributed by atoms with Gasteiger partial charge in [-0.1, -0.05) is 0 Å². The number of aromatic nitrogens is 1. The highest BCUT2D eigenvalue weighted by Gasteiger charge is 2.15. The lowest BCUT2D eigenvalue weighted by atomic mass is 10.2. The van der Waals surface area contributed by atoms with E-state index in [1.807, 2.05) is 26.2 Å². The molecule has 96 valence electrons. The molecule has 5 nitrogen and oxygen atoms in total. The molecule has 0 unspecified atom stereocenters. The molecular formula is C10H15BrN2O3S. The van der Waals surface area contributed by atoms with Crippen molar-refractivity contribution in [1.29, 1.82) is 0 Å². The minimum Gasteiger partial charge on any atom is -0.474 e. The lowest BCUT2D eigenvalue weighted by molar-refractivity contribution is 0.0520. The number of alkyl carbamates (subject to hydrolysis) is 1. The number of rotatable bonds is 4. The van der Waals surface area contributed by atoms with Gasteiger partial charge >= 0.3 is 6.09 Å². The second-order valence-electron chi connectivity index (χ2n) is 4.24. The molecule has 1 N–H and O–H groups in total. The number of ether oxygens (including phenoxy) is 2.